The van der Waals surface area contributed by atoms with Gasteiger partial charge < -0.3 is 4.74 Å². The molecule has 1 unspecified atom stereocenters. The van der Waals surface area contributed by atoms with Gasteiger partial charge in [-0.3, -0.25) is 0 Å². The van der Waals surface area contributed by atoms with Crippen LogP contribution in [0.4, 0.5) is 0 Å². The van der Waals surface area contributed by atoms with E-state index in [0.29, 0.717) is 11.3 Å². The summed E-state index contributed by atoms with van der Waals surface area (Å²) in [6, 6.07) is 8.97. The number of ether oxygens (including phenoxy) is 1. The number of sulfonamides is 1. The summed E-state index contributed by atoms with van der Waals surface area (Å²) in [4.78, 5) is 0.288. The third-order valence-corrected chi connectivity index (χ3v) is 6.25. The van der Waals surface area contributed by atoms with Crippen molar-refractivity contribution in [3.63, 3.8) is 0 Å². The van der Waals surface area contributed by atoms with Crippen molar-refractivity contribution in [1.29, 1.82) is 0 Å². The number of hydrogen-bond acceptors (Lipinski definition) is 3. The zero-order valence-corrected chi connectivity index (χ0v) is 15.9. The zero-order chi connectivity index (χ0) is 18.1. The van der Waals surface area contributed by atoms with Crippen molar-refractivity contribution in [2.75, 3.05) is 7.11 Å². The van der Waals surface area contributed by atoms with E-state index >= 15 is 0 Å². The molecular formula is C19H25NO3S. The number of aryl methyl sites for hydroxylation is 2. The summed E-state index contributed by atoms with van der Waals surface area (Å²) in [6.45, 7) is 9.58. The van der Waals surface area contributed by atoms with Gasteiger partial charge in [-0.05, 0) is 74.6 Å². The maximum absolute atomic E-state index is 12.8. The third-order valence-electron chi connectivity index (χ3n) is 4.56. The Morgan fingerprint density at radius 3 is 2.21 bits per heavy atom. The van der Waals surface area contributed by atoms with E-state index in [9.17, 15) is 8.42 Å². The van der Waals surface area contributed by atoms with Gasteiger partial charge in [0.2, 0.25) is 10.0 Å². The van der Waals surface area contributed by atoms with E-state index in [-0.39, 0.29) is 10.9 Å². The summed E-state index contributed by atoms with van der Waals surface area (Å²) in [5, 5.41) is 0. The summed E-state index contributed by atoms with van der Waals surface area (Å²) >= 11 is 0. The number of hydrogen-bond donors (Lipinski definition) is 1. The summed E-state index contributed by atoms with van der Waals surface area (Å²) in [6.07, 6.45) is 0. The van der Waals surface area contributed by atoms with Gasteiger partial charge in [0.25, 0.3) is 0 Å². The predicted octanol–water partition coefficient (Wildman–Crippen LogP) is 3.97. The lowest BCUT2D eigenvalue weighted by molar-refractivity contribution is 0.410. The predicted molar refractivity (Wildman–Crippen MR) is 97.1 cm³/mol. The van der Waals surface area contributed by atoms with E-state index in [4.69, 9.17) is 4.74 Å². The molecule has 0 aliphatic rings. The first-order valence-corrected chi connectivity index (χ1v) is 9.39. The number of methoxy groups -OCH3 is 1. The first-order chi connectivity index (χ1) is 11.2. The molecule has 0 heterocycles. The minimum Gasteiger partial charge on any atom is -0.496 e. The first-order valence-electron chi connectivity index (χ1n) is 7.91. The normalized spacial score (nSPS) is 12.9. The number of benzene rings is 2. The molecule has 0 aromatic heterocycles. The summed E-state index contributed by atoms with van der Waals surface area (Å²) in [5.74, 6) is 0.689. The van der Waals surface area contributed by atoms with E-state index in [1.165, 1.54) is 5.56 Å². The van der Waals surface area contributed by atoms with Crippen LogP contribution in [0.25, 0.3) is 0 Å². The molecule has 4 nitrogen and oxygen atoms in total. The molecule has 1 atom stereocenters. The van der Waals surface area contributed by atoms with E-state index < -0.39 is 10.0 Å². The van der Waals surface area contributed by atoms with Gasteiger partial charge in [0, 0.05) is 6.04 Å². The summed E-state index contributed by atoms with van der Waals surface area (Å²) < 4.78 is 33.6. The van der Waals surface area contributed by atoms with Crippen LogP contribution in [-0.4, -0.2) is 15.5 Å². The second-order valence-electron chi connectivity index (χ2n) is 6.20. The third kappa shape index (κ3) is 3.62. The van der Waals surface area contributed by atoms with Crippen molar-refractivity contribution in [3.05, 3.63) is 58.1 Å². The SMILES string of the molecule is COc1ccc(S(=O)(=O)NC(C)c2ccc(C)c(C)c2)c(C)c1C. The van der Waals surface area contributed by atoms with Gasteiger partial charge in [-0.2, -0.15) is 0 Å². The molecule has 130 valence electrons. The fourth-order valence-electron chi connectivity index (χ4n) is 2.68. The Hall–Kier alpha value is -1.85. The topological polar surface area (TPSA) is 55.4 Å². The highest BCUT2D eigenvalue weighted by atomic mass is 32.2. The molecular weight excluding hydrogens is 322 g/mol. The molecule has 0 saturated heterocycles. The van der Waals surface area contributed by atoms with Crippen LogP contribution in [-0.2, 0) is 10.0 Å². The smallest absolute Gasteiger partial charge is 0.241 e. The van der Waals surface area contributed by atoms with Crippen molar-refractivity contribution in [3.8, 4) is 5.75 Å². The van der Waals surface area contributed by atoms with E-state index in [0.717, 1.165) is 16.7 Å². The molecule has 24 heavy (non-hydrogen) atoms. The summed E-state index contributed by atoms with van der Waals surface area (Å²) in [5.41, 5.74) is 4.82. The fourth-order valence-corrected chi connectivity index (χ4v) is 4.21. The van der Waals surface area contributed by atoms with Crippen molar-refractivity contribution in [2.24, 2.45) is 0 Å². The maximum atomic E-state index is 12.8. The average molecular weight is 347 g/mol. The standard InChI is InChI=1S/C19H25NO3S/c1-12-7-8-17(11-13(12)2)16(5)20-24(21,22)19-10-9-18(23-6)14(3)15(19)4/h7-11,16,20H,1-6H3. The summed E-state index contributed by atoms with van der Waals surface area (Å²) in [7, 11) is -2.03. The Morgan fingerprint density at radius 1 is 0.958 bits per heavy atom. The fraction of sp³-hybridized carbons (Fsp3) is 0.368. The van der Waals surface area contributed by atoms with Gasteiger partial charge in [0.1, 0.15) is 5.75 Å². The van der Waals surface area contributed by atoms with E-state index in [1.54, 1.807) is 26.2 Å². The van der Waals surface area contributed by atoms with Gasteiger partial charge in [0.05, 0.1) is 12.0 Å². The largest absolute Gasteiger partial charge is 0.496 e. The van der Waals surface area contributed by atoms with Crippen LogP contribution in [0.1, 0.15) is 40.8 Å². The van der Waals surface area contributed by atoms with E-state index in [1.807, 2.05) is 45.9 Å². The highest BCUT2D eigenvalue weighted by Crippen LogP contribution is 2.28. The van der Waals surface area contributed by atoms with Gasteiger partial charge in [-0.1, -0.05) is 18.2 Å². The van der Waals surface area contributed by atoms with Crippen LogP contribution in [0, 0.1) is 27.7 Å². The van der Waals surface area contributed by atoms with Crippen LogP contribution < -0.4 is 9.46 Å². The lowest BCUT2D eigenvalue weighted by atomic mass is 10.0. The second-order valence-corrected chi connectivity index (χ2v) is 7.89. The molecule has 0 aliphatic carbocycles. The first kappa shape index (κ1) is 18.5. The van der Waals surface area contributed by atoms with Gasteiger partial charge in [-0.25, -0.2) is 13.1 Å². The minimum absolute atomic E-state index is 0.288. The van der Waals surface area contributed by atoms with Crippen LogP contribution in [0.3, 0.4) is 0 Å². The Bertz CT molecular complexity index is 857. The molecule has 0 amide bonds. The average Bonchev–Trinajstić information content (AvgIpc) is 2.51. The van der Waals surface area contributed by atoms with Crippen molar-refractivity contribution < 1.29 is 13.2 Å². The second kappa shape index (κ2) is 6.95. The van der Waals surface area contributed by atoms with E-state index in [2.05, 4.69) is 4.72 Å². The molecule has 1 N–H and O–H groups in total. The Kier molecular flexibility index (Phi) is 5.35. The van der Waals surface area contributed by atoms with Gasteiger partial charge in [-0.15, -0.1) is 0 Å². The molecule has 0 spiro atoms. The van der Waals surface area contributed by atoms with Crippen LogP contribution in [0.5, 0.6) is 5.75 Å². The molecule has 2 rings (SSSR count). The van der Waals surface area contributed by atoms with Crippen molar-refractivity contribution in [2.45, 2.75) is 45.6 Å². The minimum atomic E-state index is -3.61. The Balaban J connectivity index is 2.34. The zero-order valence-electron chi connectivity index (χ0n) is 15.1. The Labute approximate surface area is 144 Å². The maximum Gasteiger partial charge on any atom is 0.241 e. The highest BCUT2D eigenvalue weighted by molar-refractivity contribution is 7.89. The van der Waals surface area contributed by atoms with Crippen LogP contribution in [0.15, 0.2) is 35.2 Å². The molecule has 2 aromatic carbocycles. The molecule has 0 bridgehead atoms. The molecule has 0 fully saturated rings. The molecule has 2 aromatic rings. The molecule has 0 saturated carbocycles. The van der Waals surface area contributed by atoms with Gasteiger partial charge >= 0.3 is 0 Å². The van der Waals surface area contributed by atoms with Crippen LogP contribution in [0.2, 0.25) is 0 Å². The highest BCUT2D eigenvalue weighted by Gasteiger charge is 2.22. The Morgan fingerprint density at radius 2 is 1.62 bits per heavy atom. The quantitative estimate of drug-likeness (QED) is 0.890. The van der Waals surface area contributed by atoms with Crippen LogP contribution >= 0.6 is 0 Å². The molecule has 5 heteroatoms. The monoisotopic (exact) mass is 347 g/mol. The lowest BCUT2D eigenvalue weighted by Crippen LogP contribution is -2.27. The molecule has 0 radical (unpaired) electrons. The molecule has 0 aliphatic heterocycles. The van der Waals surface area contributed by atoms with Crippen molar-refractivity contribution >= 4 is 10.0 Å². The number of nitrogens with one attached hydrogen (secondary N) is 1. The number of rotatable bonds is 5. The van der Waals surface area contributed by atoms with Crippen molar-refractivity contribution in [1.82, 2.24) is 4.72 Å². The van der Waals surface area contributed by atoms with Gasteiger partial charge in [0.15, 0.2) is 0 Å². The lowest BCUT2D eigenvalue weighted by Gasteiger charge is -2.18.